The number of rotatable bonds is 4. The van der Waals surface area contributed by atoms with Crippen LogP contribution >= 0.6 is 15.9 Å². The van der Waals surface area contributed by atoms with Crippen LogP contribution in [0.4, 0.5) is 0 Å². The second kappa shape index (κ2) is 5.32. The minimum atomic E-state index is -0.0449. The predicted octanol–water partition coefficient (Wildman–Crippen LogP) is 3.55. The molecule has 3 rings (SSSR count). The molecule has 1 heterocycles. The van der Waals surface area contributed by atoms with Crippen molar-refractivity contribution in [1.29, 1.82) is 0 Å². The molecular formula is C15H14BrNO3. The molecule has 1 saturated carbocycles. The number of benzene rings is 1. The van der Waals surface area contributed by atoms with Gasteiger partial charge in [0.25, 0.3) is 5.91 Å². The third-order valence-electron chi connectivity index (χ3n) is 3.36. The number of halogens is 1. The predicted molar refractivity (Wildman–Crippen MR) is 77.4 cm³/mol. The van der Waals surface area contributed by atoms with Crippen molar-refractivity contribution < 1.29 is 14.3 Å². The van der Waals surface area contributed by atoms with Gasteiger partial charge >= 0.3 is 0 Å². The highest BCUT2D eigenvalue weighted by atomic mass is 79.9. The van der Waals surface area contributed by atoms with Gasteiger partial charge in [-0.3, -0.25) is 4.79 Å². The first-order valence-electron chi connectivity index (χ1n) is 6.47. The van der Waals surface area contributed by atoms with E-state index >= 15 is 0 Å². The first kappa shape index (κ1) is 13.2. The third kappa shape index (κ3) is 2.72. The van der Waals surface area contributed by atoms with Gasteiger partial charge in [-0.2, -0.15) is 0 Å². The highest BCUT2D eigenvalue weighted by Gasteiger charge is 2.34. The highest BCUT2D eigenvalue weighted by molar-refractivity contribution is 9.10. The molecule has 20 heavy (non-hydrogen) atoms. The molecule has 4 nitrogen and oxygen atoms in total. The largest absolute Gasteiger partial charge is 0.508 e. The Bertz CT molecular complexity index is 634. The van der Waals surface area contributed by atoms with Crippen LogP contribution in [0.5, 0.6) is 5.75 Å². The summed E-state index contributed by atoms with van der Waals surface area (Å²) in [5.41, 5.74) is 1.46. The van der Waals surface area contributed by atoms with E-state index in [0.717, 1.165) is 18.4 Å². The summed E-state index contributed by atoms with van der Waals surface area (Å²) < 4.78 is 5.60. The van der Waals surface area contributed by atoms with Crippen LogP contribution in [0.2, 0.25) is 0 Å². The Labute approximate surface area is 125 Å². The number of phenolic OH excluding ortho intramolecular Hbond substituents is 1. The van der Waals surface area contributed by atoms with Crippen LogP contribution in [0.1, 0.15) is 28.8 Å². The number of furan rings is 1. The molecule has 0 radical (unpaired) electrons. The number of aromatic hydroxyl groups is 1. The van der Waals surface area contributed by atoms with E-state index in [0.29, 0.717) is 16.8 Å². The molecule has 1 N–H and O–H groups in total. The first-order valence-corrected chi connectivity index (χ1v) is 7.26. The molecule has 1 aromatic heterocycles. The Morgan fingerprint density at radius 2 is 2.20 bits per heavy atom. The Morgan fingerprint density at radius 3 is 2.80 bits per heavy atom. The fourth-order valence-corrected chi connectivity index (χ4v) is 2.62. The van der Waals surface area contributed by atoms with Gasteiger partial charge in [0.15, 0.2) is 4.67 Å². The maximum Gasteiger partial charge on any atom is 0.258 e. The SMILES string of the molecule is O=C(c1ccoc1Br)N(Cc1cccc(O)c1)C1CC1. The van der Waals surface area contributed by atoms with Gasteiger partial charge in [0.05, 0.1) is 11.8 Å². The zero-order chi connectivity index (χ0) is 14.1. The molecule has 1 fully saturated rings. The zero-order valence-electron chi connectivity index (χ0n) is 10.8. The third-order valence-corrected chi connectivity index (χ3v) is 3.97. The van der Waals surface area contributed by atoms with Gasteiger partial charge in [-0.1, -0.05) is 12.1 Å². The summed E-state index contributed by atoms with van der Waals surface area (Å²) in [6, 6.07) is 8.96. The maximum absolute atomic E-state index is 12.6. The van der Waals surface area contributed by atoms with Crippen molar-refractivity contribution in [3.05, 3.63) is 52.4 Å². The van der Waals surface area contributed by atoms with E-state index in [1.54, 1.807) is 24.3 Å². The van der Waals surface area contributed by atoms with Crippen LogP contribution in [0.3, 0.4) is 0 Å². The van der Waals surface area contributed by atoms with Gasteiger partial charge in [-0.15, -0.1) is 0 Å². The van der Waals surface area contributed by atoms with E-state index in [2.05, 4.69) is 15.9 Å². The molecule has 1 aromatic carbocycles. The molecule has 0 aliphatic heterocycles. The second-order valence-electron chi connectivity index (χ2n) is 4.94. The lowest BCUT2D eigenvalue weighted by Gasteiger charge is -2.22. The molecule has 0 unspecified atom stereocenters. The average molecular weight is 336 g/mol. The van der Waals surface area contributed by atoms with Crippen LogP contribution in [0, 0.1) is 0 Å². The summed E-state index contributed by atoms with van der Waals surface area (Å²) >= 11 is 3.25. The number of hydrogen-bond donors (Lipinski definition) is 1. The van der Waals surface area contributed by atoms with Crippen molar-refractivity contribution in [2.75, 3.05) is 0 Å². The Hall–Kier alpha value is -1.75. The molecule has 0 bridgehead atoms. The summed E-state index contributed by atoms with van der Waals surface area (Å²) in [5.74, 6) is 0.173. The molecule has 0 spiro atoms. The van der Waals surface area contributed by atoms with Crippen LogP contribution in [0.25, 0.3) is 0 Å². The fourth-order valence-electron chi connectivity index (χ4n) is 2.21. The lowest BCUT2D eigenvalue weighted by Crippen LogP contribution is -2.32. The van der Waals surface area contributed by atoms with E-state index in [1.165, 1.54) is 6.26 Å². The standard InChI is InChI=1S/C15H14BrNO3/c16-14-13(6-7-20-14)15(19)17(11-4-5-11)9-10-2-1-3-12(18)8-10/h1-3,6-8,11,18H,4-5,9H2. The maximum atomic E-state index is 12.6. The number of carbonyl (C=O) groups excluding carboxylic acids is 1. The minimum Gasteiger partial charge on any atom is -0.508 e. The van der Waals surface area contributed by atoms with Crippen molar-refractivity contribution >= 4 is 21.8 Å². The fraction of sp³-hybridized carbons (Fsp3) is 0.267. The molecule has 0 saturated heterocycles. The highest BCUT2D eigenvalue weighted by Crippen LogP contribution is 2.31. The lowest BCUT2D eigenvalue weighted by molar-refractivity contribution is 0.0727. The normalized spacial score (nSPS) is 14.2. The summed E-state index contributed by atoms with van der Waals surface area (Å²) in [7, 11) is 0. The molecule has 1 aliphatic carbocycles. The topological polar surface area (TPSA) is 53.7 Å². The van der Waals surface area contributed by atoms with E-state index < -0.39 is 0 Å². The summed E-state index contributed by atoms with van der Waals surface area (Å²) in [6.07, 6.45) is 3.55. The lowest BCUT2D eigenvalue weighted by atomic mass is 10.2. The van der Waals surface area contributed by atoms with E-state index in [4.69, 9.17) is 4.42 Å². The van der Waals surface area contributed by atoms with Gasteiger partial charge in [0, 0.05) is 12.6 Å². The molecule has 104 valence electrons. The van der Waals surface area contributed by atoms with E-state index in [-0.39, 0.29) is 17.7 Å². The summed E-state index contributed by atoms with van der Waals surface area (Å²) in [5, 5.41) is 9.52. The average Bonchev–Trinajstić information content (AvgIpc) is 3.17. The Balaban J connectivity index is 1.83. The monoisotopic (exact) mass is 335 g/mol. The zero-order valence-corrected chi connectivity index (χ0v) is 12.3. The van der Waals surface area contributed by atoms with Gasteiger partial charge in [-0.25, -0.2) is 0 Å². The second-order valence-corrected chi connectivity index (χ2v) is 5.66. The van der Waals surface area contributed by atoms with E-state index in [9.17, 15) is 9.90 Å². The number of phenols is 1. The molecule has 1 amide bonds. The molecular weight excluding hydrogens is 322 g/mol. The van der Waals surface area contributed by atoms with Crippen molar-refractivity contribution in [2.24, 2.45) is 0 Å². The molecule has 5 heteroatoms. The van der Waals surface area contributed by atoms with Crippen molar-refractivity contribution in [1.82, 2.24) is 4.90 Å². The Morgan fingerprint density at radius 1 is 1.40 bits per heavy atom. The molecule has 1 aliphatic rings. The quantitative estimate of drug-likeness (QED) is 0.929. The minimum absolute atomic E-state index is 0.0449. The van der Waals surface area contributed by atoms with Gasteiger partial charge in [0.2, 0.25) is 0 Å². The van der Waals surface area contributed by atoms with Gasteiger partial charge < -0.3 is 14.4 Å². The van der Waals surface area contributed by atoms with Crippen LogP contribution in [0.15, 0.2) is 45.7 Å². The van der Waals surface area contributed by atoms with Gasteiger partial charge in [0.1, 0.15) is 5.75 Å². The van der Waals surface area contributed by atoms with Gasteiger partial charge in [-0.05, 0) is 52.5 Å². The van der Waals surface area contributed by atoms with Crippen molar-refractivity contribution in [3.63, 3.8) is 0 Å². The van der Waals surface area contributed by atoms with Crippen LogP contribution < -0.4 is 0 Å². The van der Waals surface area contributed by atoms with Crippen molar-refractivity contribution in [3.8, 4) is 5.75 Å². The summed E-state index contributed by atoms with van der Waals surface area (Å²) in [6.45, 7) is 0.496. The number of hydrogen-bond acceptors (Lipinski definition) is 3. The van der Waals surface area contributed by atoms with Crippen LogP contribution in [-0.2, 0) is 6.54 Å². The number of amides is 1. The number of carbonyl (C=O) groups is 1. The summed E-state index contributed by atoms with van der Waals surface area (Å²) in [4.78, 5) is 14.4. The van der Waals surface area contributed by atoms with E-state index in [1.807, 2.05) is 11.0 Å². The van der Waals surface area contributed by atoms with Crippen molar-refractivity contribution in [2.45, 2.75) is 25.4 Å². The Kier molecular flexibility index (Phi) is 3.53. The number of nitrogens with zero attached hydrogens (tertiary/aromatic N) is 1. The molecule has 2 aromatic rings. The molecule has 0 atom stereocenters. The smallest absolute Gasteiger partial charge is 0.258 e. The van der Waals surface area contributed by atoms with Crippen LogP contribution in [-0.4, -0.2) is 22.0 Å². The first-order chi connectivity index (χ1) is 9.65.